The van der Waals surface area contributed by atoms with Crippen LogP contribution in [-0.4, -0.2) is 33.6 Å². The topological polar surface area (TPSA) is 60.7 Å². The average Bonchev–Trinajstić information content (AvgIpc) is 2.45. The first kappa shape index (κ1) is 18.0. The minimum absolute atomic E-state index is 0.289. The molecule has 3 unspecified atom stereocenters. The maximum Gasteiger partial charge on any atom is 0.134 e. The van der Waals surface area contributed by atoms with Gasteiger partial charge in [0.15, 0.2) is 0 Å². The number of aliphatic hydroxyl groups excluding tert-OH is 3. The summed E-state index contributed by atoms with van der Waals surface area (Å²) in [6.07, 6.45) is 7.77. The van der Waals surface area contributed by atoms with Crippen molar-refractivity contribution in [3.63, 3.8) is 0 Å². The second-order valence-electron chi connectivity index (χ2n) is 3.87. The van der Waals surface area contributed by atoms with Crippen LogP contribution in [0.3, 0.4) is 0 Å². The average molecular weight is 272 g/mol. The Labute approximate surface area is 120 Å². The maximum atomic E-state index is 9.63. The molecule has 20 heavy (non-hydrogen) atoms. The summed E-state index contributed by atoms with van der Waals surface area (Å²) < 4.78 is 0. The van der Waals surface area contributed by atoms with Crippen LogP contribution in [0.4, 0.5) is 0 Å². The Hall–Kier alpha value is -2.04. The Bertz CT molecular complexity index is 466. The van der Waals surface area contributed by atoms with Crippen molar-refractivity contribution in [2.24, 2.45) is 0 Å². The summed E-state index contributed by atoms with van der Waals surface area (Å²) >= 11 is 0. The number of rotatable bonds is 7. The van der Waals surface area contributed by atoms with Gasteiger partial charge in [0.25, 0.3) is 0 Å². The largest absolute Gasteiger partial charge is 0.390 e. The summed E-state index contributed by atoms with van der Waals surface area (Å²) in [5.41, 5.74) is 0. The fraction of sp³-hybridized carbons (Fsp3) is 0.294. The van der Waals surface area contributed by atoms with Crippen LogP contribution in [0.25, 0.3) is 0 Å². The third-order valence-corrected chi connectivity index (χ3v) is 2.19. The molecule has 0 saturated heterocycles. The van der Waals surface area contributed by atoms with Gasteiger partial charge in [-0.2, -0.15) is 0 Å². The Balaban J connectivity index is 4.11. The van der Waals surface area contributed by atoms with Crippen LogP contribution in [0, 0.1) is 23.7 Å². The van der Waals surface area contributed by atoms with Gasteiger partial charge in [-0.1, -0.05) is 48.8 Å². The predicted molar refractivity (Wildman–Crippen MR) is 81.5 cm³/mol. The smallest absolute Gasteiger partial charge is 0.134 e. The van der Waals surface area contributed by atoms with E-state index in [4.69, 9.17) is 5.11 Å². The number of hydrogen-bond acceptors (Lipinski definition) is 3. The molecule has 3 heteroatoms. The van der Waals surface area contributed by atoms with E-state index in [1.54, 1.807) is 24.3 Å². The molecule has 0 aliphatic carbocycles. The van der Waals surface area contributed by atoms with Crippen molar-refractivity contribution < 1.29 is 15.3 Å². The zero-order valence-corrected chi connectivity index (χ0v) is 11.4. The molecule has 0 rings (SSSR count). The monoisotopic (exact) mass is 272 g/mol. The Morgan fingerprint density at radius 1 is 1.05 bits per heavy atom. The molecule has 0 aromatic rings. The molecule has 0 aromatic heterocycles. The van der Waals surface area contributed by atoms with Gasteiger partial charge in [-0.05, 0) is 30.8 Å². The van der Waals surface area contributed by atoms with Crippen molar-refractivity contribution in [1.82, 2.24) is 0 Å². The molecule has 0 saturated carbocycles. The minimum atomic E-state index is -0.907. The van der Waals surface area contributed by atoms with Crippen LogP contribution in [0.5, 0.6) is 0 Å². The Morgan fingerprint density at radius 2 is 1.80 bits per heavy atom. The van der Waals surface area contributed by atoms with Gasteiger partial charge in [-0.25, -0.2) is 0 Å². The summed E-state index contributed by atoms with van der Waals surface area (Å²) in [6.45, 7) is 6.92. The Kier molecular flexibility index (Phi) is 10.8. The van der Waals surface area contributed by atoms with Crippen LogP contribution in [0.1, 0.15) is 12.8 Å². The lowest BCUT2D eigenvalue weighted by Crippen LogP contribution is -2.22. The summed E-state index contributed by atoms with van der Waals surface area (Å²) in [5, 5.41) is 28.2. The highest BCUT2D eigenvalue weighted by molar-refractivity contribution is 5.32. The Morgan fingerprint density at radius 3 is 2.45 bits per heavy atom. The van der Waals surface area contributed by atoms with Crippen molar-refractivity contribution in [1.29, 1.82) is 0 Å². The third kappa shape index (κ3) is 9.94. The highest BCUT2D eigenvalue weighted by Gasteiger charge is 2.10. The van der Waals surface area contributed by atoms with Crippen molar-refractivity contribution in [2.45, 2.75) is 31.2 Å². The minimum Gasteiger partial charge on any atom is -0.390 e. The lowest BCUT2D eigenvalue weighted by Gasteiger charge is -2.11. The van der Waals surface area contributed by atoms with Gasteiger partial charge in [0.2, 0.25) is 0 Å². The van der Waals surface area contributed by atoms with Crippen molar-refractivity contribution >= 4 is 0 Å². The lowest BCUT2D eigenvalue weighted by molar-refractivity contribution is 0.0510. The first-order valence-corrected chi connectivity index (χ1v) is 6.22. The molecule has 3 atom stereocenters. The van der Waals surface area contributed by atoms with E-state index in [0.29, 0.717) is 6.42 Å². The molecule has 0 radical (unpaired) electrons. The second kappa shape index (κ2) is 12.0. The molecule has 0 heterocycles. The molecule has 106 valence electrons. The van der Waals surface area contributed by atoms with E-state index in [1.165, 1.54) is 12.2 Å². The summed E-state index contributed by atoms with van der Waals surface area (Å²) in [6, 6.07) is 0. The van der Waals surface area contributed by atoms with Gasteiger partial charge in [-0.3, -0.25) is 0 Å². The molecule has 3 nitrogen and oxygen atoms in total. The number of aliphatic hydroxyl groups is 3. The summed E-state index contributed by atoms with van der Waals surface area (Å²) in [7, 11) is 0. The third-order valence-electron chi connectivity index (χ3n) is 2.19. The van der Waals surface area contributed by atoms with E-state index in [-0.39, 0.29) is 6.42 Å². The van der Waals surface area contributed by atoms with E-state index >= 15 is 0 Å². The quantitative estimate of drug-likeness (QED) is 0.484. The molecular formula is C17H20O3. The zero-order chi connectivity index (χ0) is 15.2. The standard InChI is InChI=1S/C17H20O3/c1-3-5-9-13-16(19)17(20)14-11-8-6-7-10-12-15(18)4-2/h3-4,8-9,11,13,15-20H,1-2,5,14H2. The van der Waals surface area contributed by atoms with Gasteiger partial charge in [0.1, 0.15) is 6.10 Å². The normalized spacial score (nSPS) is 14.8. The highest BCUT2D eigenvalue weighted by Crippen LogP contribution is 2.02. The zero-order valence-electron chi connectivity index (χ0n) is 11.4. The summed E-state index contributed by atoms with van der Waals surface area (Å²) in [5.74, 6) is 10.1. The van der Waals surface area contributed by atoms with E-state index in [9.17, 15) is 10.2 Å². The predicted octanol–water partition coefficient (Wildman–Crippen LogP) is 1.34. The molecule has 0 bridgehead atoms. The SMILES string of the molecule is C=CCC=CC(O)C(O)CC=CC#CC#CC(O)C=C. The van der Waals surface area contributed by atoms with Gasteiger partial charge >= 0.3 is 0 Å². The molecule has 3 N–H and O–H groups in total. The first-order valence-electron chi connectivity index (χ1n) is 6.22. The summed E-state index contributed by atoms with van der Waals surface area (Å²) in [4.78, 5) is 0. The molecule has 0 spiro atoms. The number of hydrogen-bond donors (Lipinski definition) is 3. The van der Waals surface area contributed by atoms with Gasteiger partial charge in [-0.15, -0.1) is 6.58 Å². The molecule has 0 aliphatic rings. The van der Waals surface area contributed by atoms with Crippen LogP contribution < -0.4 is 0 Å². The van der Waals surface area contributed by atoms with Crippen LogP contribution in [-0.2, 0) is 0 Å². The van der Waals surface area contributed by atoms with E-state index in [0.717, 1.165) is 0 Å². The van der Waals surface area contributed by atoms with Crippen molar-refractivity contribution in [3.8, 4) is 23.7 Å². The molecule has 0 aliphatic heterocycles. The maximum absolute atomic E-state index is 9.63. The van der Waals surface area contributed by atoms with E-state index < -0.39 is 18.3 Å². The van der Waals surface area contributed by atoms with Crippen LogP contribution in [0.15, 0.2) is 49.6 Å². The van der Waals surface area contributed by atoms with Crippen LogP contribution in [0.2, 0.25) is 0 Å². The van der Waals surface area contributed by atoms with Crippen molar-refractivity contribution in [3.05, 3.63) is 49.6 Å². The molecular weight excluding hydrogens is 252 g/mol. The van der Waals surface area contributed by atoms with Crippen molar-refractivity contribution in [2.75, 3.05) is 0 Å². The second-order valence-corrected chi connectivity index (χ2v) is 3.87. The van der Waals surface area contributed by atoms with Gasteiger partial charge < -0.3 is 15.3 Å². The first-order chi connectivity index (χ1) is 9.61. The fourth-order valence-corrected chi connectivity index (χ4v) is 1.09. The van der Waals surface area contributed by atoms with Gasteiger partial charge in [0, 0.05) is 0 Å². The lowest BCUT2D eigenvalue weighted by atomic mass is 10.1. The molecule has 0 amide bonds. The highest BCUT2D eigenvalue weighted by atomic mass is 16.3. The molecule has 0 fully saturated rings. The fourth-order valence-electron chi connectivity index (χ4n) is 1.09. The van der Waals surface area contributed by atoms with E-state index in [1.807, 2.05) is 0 Å². The van der Waals surface area contributed by atoms with Crippen LogP contribution >= 0.6 is 0 Å². The number of allylic oxidation sites excluding steroid dienone is 3. The van der Waals surface area contributed by atoms with Gasteiger partial charge in [0.05, 0.1) is 12.2 Å². The van der Waals surface area contributed by atoms with E-state index in [2.05, 4.69) is 36.8 Å². The molecule has 0 aromatic carbocycles.